The number of allylic oxidation sites excluding steroid dienone is 1. The van der Waals surface area contributed by atoms with E-state index in [9.17, 15) is 4.79 Å². The number of para-hydroxylation sites is 1. The second-order valence-electron chi connectivity index (χ2n) is 6.81. The second-order valence-corrected chi connectivity index (χ2v) is 7.87. The molecule has 29 heavy (non-hydrogen) atoms. The highest BCUT2D eigenvalue weighted by molar-refractivity contribution is 7.18. The van der Waals surface area contributed by atoms with E-state index in [1.165, 1.54) is 6.21 Å². The average molecular weight is 402 g/mol. The standard InChI is InChI=1S/C21H18N6OS/c22-8-3-4-14-10-13(11-23-14)21(28)27-9-7-16-18(25-12-24-16)19(27)20-26-15-5-1-2-6-17(15)29-20/h1-6,8,10-12,19,22-23H,7,9H2,(H,24,25)/b4-3-,22-8?/t19-/m0/s1. The van der Waals surface area contributed by atoms with Crippen molar-refractivity contribution in [1.29, 1.82) is 5.41 Å². The smallest absolute Gasteiger partial charge is 0.256 e. The van der Waals surface area contributed by atoms with Gasteiger partial charge in [0.1, 0.15) is 11.0 Å². The molecule has 0 aliphatic carbocycles. The van der Waals surface area contributed by atoms with Crippen molar-refractivity contribution >= 4 is 39.8 Å². The summed E-state index contributed by atoms with van der Waals surface area (Å²) in [4.78, 5) is 30.9. The number of H-pyrrole nitrogens is 2. The summed E-state index contributed by atoms with van der Waals surface area (Å²) in [5.41, 5.74) is 4.22. The third-order valence-corrected chi connectivity index (χ3v) is 6.14. The van der Waals surface area contributed by atoms with Crippen LogP contribution in [0.15, 0.2) is 48.9 Å². The Bertz CT molecular complexity index is 1200. The highest BCUT2D eigenvalue weighted by atomic mass is 32.1. The highest BCUT2D eigenvalue weighted by Gasteiger charge is 2.36. The van der Waals surface area contributed by atoms with Crippen LogP contribution in [0.1, 0.15) is 38.5 Å². The van der Waals surface area contributed by atoms with E-state index in [-0.39, 0.29) is 11.9 Å². The minimum atomic E-state index is -0.314. The number of nitrogens with zero attached hydrogens (tertiary/aromatic N) is 3. The van der Waals surface area contributed by atoms with E-state index in [0.29, 0.717) is 12.1 Å². The number of hydrogen-bond donors (Lipinski definition) is 3. The van der Waals surface area contributed by atoms with Crippen LogP contribution < -0.4 is 0 Å². The summed E-state index contributed by atoms with van der Waals surface area (Å²) in [5, 5.41) is 7.98. The van der Waals surface area contributed by atoms with Gasteiger partial charge >= 0.3 is 0 Å². The minimum absolute atomic E-state index is 0.0614. The van der Waals surface area contributed by atoms with Gasteiger partial charge in [0.2, 0.25) is 0 Å². The first-order chi connectivity index (χ1) is 14.2. The molecule has 1 aromatic carbocycles. The Labute approximate surface area is 170 Å². The first-order valence-corrected chi connectivity index (χ1v) is 10.1. The Morgan fingerprint density at radius 1 is 1.31 bits per heavy atom. The van der Waals surface area contributed by atoms with E-state index in [1.807, 2.05) is 29.2 Å². The fourth-order valence-corrected chi connectivity index (χ4v) is 4.79. The lowest BCUT2D eigenvalue weighted by molar-refractivity contribution is 0.0690. The molecule has 1 amide bonds. The predicted molar refractivity (Wildman–Crippen MR) is 113 cm³/mol. The topological polar surface area (TPSA) is 102 Å². The fourth-order valence-electron chi connectivity index (χ4n) is 3.70. The lowest BCUT2D eigenvalue weighted by Crippen LogP contribution is -2.40. The lowest BCUT2D eigenvalue weighted by atomic mass is 10.0. The van der Waals surface area contributed by atoms with Crippen LogP contribution >= 0.6 is 11.3 Å². The van der Waals surface area contributed by atoms with Crippen LogP contribution in [0.4, 0.5) is 0 Å². The monoisotopic (exact) mass is 402 g/mol. The molecule has 4 aromatic rings. The number of carbonyl (C=O) groups excluding carboxylic acids is 1. The molecule has 3 aromatic heterocycles. The van der Waals surface area contributed by atoms with Crippen molar-refractivity contribution < 1.29 is 4.79 Å². The third-order valence-electron chi connectivity index (χ3n) is 5.05. The first kappa shape index (κ1) is 17.6. The van der Waals surface area contributed by atoms with Crippen LogP contribution in [-0.4, -0.2) is 43.5 Å². The van der Waals surface area contributed by atoms with Crippen molar-refractivity contribution in [2.24, 2.45) is 0 Å². The van der Waals surface area contributed by atoms with Gasteiger partial charge in [0, 0.05) is 36.8 Å². The SMILES string of the molecule is N=C/C=C\c1cc(C(=O)N2CCc3[nH]cnc3[C@H]2c2nc3ccccc3s2)c[nH]1. The number of nitrogens with one attached hydrogen (secondary N) is 3. The maximum Gasteiger partial charge on any atom is 0.256 e. The number of hydrogen-bond acceptors (Lipinski definition) is 5. The van der Waals surface area contributed by atoms with Crippen molar-refractivity contribution in [2.45, 2.75) is 12.5 Å². The van der Waals surface area contributed by atoms with Gasteiger partial charge in [-0.2, -0.15) is 0 Å². The Morgan fingerprint density at radius 2 is 2.21 bits per heavy atom. The van der Waals surface area contributed by atoms with E-state index in [1.54, 1.807) is 42.1 Å². The molecule has 3 N–H and O–H groups in total. The molecule has 144 valence electrons. The van der Waals surface area contributed by atoms with Gasteiger partial charge < -0.3 is 20.3 Å². The summed E-state index contributed by atoms with van der Waals surface area (Å²) in [6.07, 6.45) is 8.71. The molecular weight excluding hydrogens is 384 g/mol. The molecule has 8 heteroatoms. The van der Waals surface area contributed by atoms with E-state index >= 15 is 0 Å². The molecule has 0 bridgehead atoms. The number of rotatable bonds is 4. The van der Waals surface area contributed by atoms with E-state index in [4.69, 9.17) is 10.4 Å². The van der Waals surface area contributed by atoms with E-state index in [2.05, 4.69) is 15.0 Å². The lowest BCUT2D eigenvalue weighted by Gasteiger charge is -2.33. The molecule has 0 radical (unpaired) electrons. The van der Waals surface area contributed by atoms with Crippen molar-refractivity contribution in [2.75, 3.05) is 6.54 Å². The van der Waals surface area contributed by atoms with E-state index < -0.39 is 0 Å². The number of fused-ring (bicyclic) bond motifs is 2. The van der Waals surface area contributed by atoms with Gasteiger partial charge in [-0.3, -0.25) is 4.79 Å². The van der Waals surface area contributed by atoms with Crippen molar-refractivity contribution in [3.63, 3.8) is 0 Å². The minimum Gasteiger partial charge on any atom is -0.361 e. The maximum atomic E-state index is 13.4. The Kier molecular flexibility index (Phi) is 4.33. The predicted octanol–water partition coefficient (Wildman–Crippen LogP) is 3.80. The van der Waals surface area contributed by atoms with Crippen LogP contribution in [-0.2, 0) is 6.42 Å². The summed E-state index contributed by atoms with van der Waals surface area (Å²) < 4.78 is 1.10. The van der Waals surface area contributed by atoms with Gasteiger partial charge in [-0.05, 0) is 30.4 Å². The summed E-state index contributed by atoms with van der Waals surface area (Å²) in [6, 6.07) is 9.49. The normalized spacial score (nSPS) is 16.4. The quantitative estimate of drug-likeness (QED) is 0.453. The summed E-state index contributed by atoms with van der Waals surface area (Å²) in [7, 11) is 0. The molecule has 0 saturated carbocycles. The molecule has 1 aliphatic rings. The van der Waals surface area contributed by atoms with Crippen LogP contribution in [0.2, 0.25) is 0 Å². The van der Waals surface area contributed by atoms with E-state index in [0.717, 1.165) is 38.7 Å². The molecule has 0 unspecified atom stereocenters. The zero-order chi connectivity index (χ0) is 19.8. The number of amides is 1. The molecule has 1 atom stereocenters. The van der Waals surface area contributed by atoms with Crippen LogP contribution in [0.3, 0.4) is 0 Å². The molecule has 4 heterocycles. The second kappa shape index (κ2) is 7.14. The molecular formula is C21H18N6OS. The average Bonchev–Trinajstić information content (AvgIpc) is 3.49. The highest BCUT2D eigenvalue weighted by Crippen LogP contribution is 2.38. The van der Waals surface area contributed by atoms with Crippen LogP contribution in [0.25, 0.3) is 16.3 Å². The number of aromatic nitrogens is 4. The van der Waals surface area contributed by atoms with Crippen molar-refractivity contribution in [3.05, 3.63) is 76.6 Å². The van der Waals surface area contributed by atoms with Gasteiger partial charge in [0.15, 0.2) is 0 Å². The van der Waals surface area contributed by atoms with Crippen molar-refractivity contribution in [3.8, 4) is 0 Å². The fraction of sp³-hybridized carbons (Fsp3) is 0.143. The Hall–Kier alpha value is -3.52. The van der Waals surface area contributed by atoms with Gasteiger partial charge in [0.05, 0.1) is 27.8 Å². The number of imidazole rings is 1. The van der Waals surface area contributed by atoms with Crippen molar-refractivity contribution in [1.82, 2.24) is 24.8 Å². The number of aromatic amines is 2. The van der Waals surface area contributed by atoms with Crippen LogP contribution in [0.5, 0.6) is 0 Å². The van der Waals surface area contributed by atoms with Crippen LogP contribution in [0, 0.1) is 5.41 Å². The third kappa shape index (κ3) is 3.07. The largest absolute Gasteiger partial charge is 0.361 e. The Balaban J connectivity index is 1.55. The molecule has 0 spiro atoms. The summed E-state index contributed by atoms with van der Waals surface area (Å²) in [6.45, 7) is 0.589. The number of carbonyl (C=O) groups is 1. The Morgan fingerprint density at radius 3 is 3.07 bits per heavy atom. The first-order valence-electron chi connectivity index (χ1n) is 9.29. The van der Waals surface area contributed by atoms with Gasteiger partial charge in [-0.1, -0.05) is 12.1 Å². The zero-order valence-electron chi connectivity index (χ0n) is 15.4. The molecule has 0 saturated heterocycles. The maximum absolute atomic E-state index is 13.4. The molecule has 0 fully saturated rings. The molecule has 7 nitrogen and oxygen atoms in total. The molecule has 5 rings (SSSR count). The number of thiazole rings is 1. The van der Waals surface area contributed by atoms with Gasteiger partial charge in [-0.25, -0.2) is 9.97 Å². The molecule has 1 aliphatic heterocycles. The zero-order valence-corrected chi connectivity index (χ0v) is 16.2. The summed E-state index contributed by atoms with van der Waals surface area (Å²) >= 11 is 1.60. The number of benzene rings is 1. The summed E-state index contributed by atoms with van der Waals surface area (Å²) in [5.74, 6) is -0.0614. The van der Waals surface area contributed by atoms with Gasteiger partial charge in [-0.15, -0.1) is 11.3 Å². The van der Waals surface area contributed by atoms with Gasteiger partial charge in [0.25, 0.3) is 5.91 Å².